The van der Waals surface area contributed by atoms with E-state index in [1.54, 1.807) is 6.20 Å². The molecule has 1 heterocycles. The molecule has 0 bridgehead atoms. The third kappa shape index (κ3) is 2.53. The zero-order chi connectivity index (χ0) is 13.9. The van der Waals surface area contributed by atoms with Crippen molar-refractivity contribution < 1.29 is 9.84 Å². The van der Waals surface area contributed by atoms with Gasteiger partial charge >= 0.3 is 0 Å². The molecule has 19 heavy (non-hydrogen) atoms. The molecule has 1 aliphatic carbocycles. The second-order valence-electron chi connectivity index (χ2n) is 5.82. The standard InChI is InChI=1S/C15H24N2O2/c1-4-19-13-8-15(11-18,14(13,2)3)17-10-12-6-5-7-16-9-12/h5-7,9,13,17-18H,4,8,10-11H2,1-3H3/t13-,15+/m1/s1. The lowest BCUT2D eigenvalue weighted by molar-refractivity contribution is -0.177. The zero-order valence-electron chi connectivity index (χ0n) is 12.0. The fourth-order valence-electron chi connectivity index (χ4n) is 2.88. The third-order valence-electron chi connectivity index (χ3n) is 4.56. The van der Waals surface area contributed by atoms with Gasteiger partial charge in [-0.05, 0) is 25.0 Å². The van der Waals surface area contributed by atoms with Gasteiger partial charge in [0.05, 0.1) is 18.2 Å². The van der Waals surface area contributed by atoms with Crippen molar-refractivity contribution in [2.24, 2.45) is 5.41 Å². The molecule has 0 radical (unpaired) electrons. The summed E-state index contributed by atoms with van der Waals surface area (Å²) in [5.41, 5.74) is 0.800. The molecule has 1 aromatic rings. The lowest BCUT2D eigenvalue weighted by Gasteiger charge is -2.60. The summed E-state index contributed by atoms with van der Waals surface area (Å²) < 4.78 is 5.74. The van der Waals surface area contributed by atoms with Gasteiger partial charge in [-0.3, -0.25) is 4.98 Å². The molecule has 4 heteroatoms. The second-order valence-corrected chi connectivity index (χ2v) is 5.82. The van der Waals surface area contributed by atoms with Crippen LogP contribution in [0.4, 0.5) is 0 Å². The zero-order valence-corrected chi connectivity index (χ0v) is 12.0. The van der Waals surface area contributed by atoms with E-state index < -0.39 is 0 Å². The van der Waals surface area contributed by atoms with Gasteiger partial charge in [-0.15, -0.1) is 0 Å². The Bertz CT molecular complexity index is 408. The molecule has 0 amide bonds. The number of aromatic nitrogens is 1. The number of aliphatic hydroxyl groups is 1. The number of rotatable bonds is 6. The van der Waals surface area contributed by atoms with Crippen molar-refractivity contribution in [1.29, 1.82) is 0 Å². The van der Waals surface area contributed by atoms with Crippen LogP contribution in [0.15, 0.2) is 24.5 Å². The number of aliphatic hydroxyl groups excluding tert-OH is 1. The number of nitrogens with zero attached hydrogens (tertiary/aromatic N) is 1. The van der Waals surface area contributed by atoms with Crippen molar-refractivity contribution in [2.75, 3.05) is 13.2 Å². The maximum atomic E-state index is 9.80. The molecule has 2 atom stereocenters. The van der Waals surface area contributed by atoms with Crippen LogP contribution in [0, 0.1) is 5.41 Å². The molecule has 1 aliphatic rings. The van der Waals surface area contributed by atoms with Gasteiger partial charge < -0.3 is 15.2 Å². The Morgan fingerprint density at radius 3 is 2.84 bits per heavy atom. The summed E-state index contributed by atoms with van der Waals surface area (Å²) in [4.78, 5) is 4.11. The molecule has 2 N–H and O–H groups in total. The van der Waals surface area contributed by atoms with E-state index in [-0.39, 0.29) is 23.7 Å². The Hall–Kier alpha value is -0.970. The van der Waals surface area contributed by atoms with Crippen molar-refractivity contribution in [3.05, 3.63) is 30.1 Å². The topological polar surface area (TPSA) is 54.4 Å². The predicted molar refractivity (Wildman–Crippen MR) is 74.7 cm³/mol. The summed E-state index contributed by atoms with van der Waals surface area (Å²) in [5, 5.41) is 13.3. The summed E-state index contributed by atoms with van der Waals surface area (Å²) in [7, 11) is 0. The molecule has 0 aliphatic heterocycles. The van der Waals surface area contributed by atoms with Gasteiger partial charge in [-0.25, -0.2) is 0 Å². The van der Waals surface area contributed by atoms with Gasteiger partial charge in [-0.2, -0.15) is 0 Å². The molecule has 2 rings (SSSR count). The monoisotopic (exact) mass is 264 g/mol. The van der Waals surface area contributed by atoms with Crippen molar-refractivity contribution >= 4 is 0 Å². The largest absolute Gasteiger partial charge is 0.394 e. The van der Waals surface area contributed by atoms with E-state index in [9.17, 15) is 5.11 Å². The molecular weight excluding hydrogens is 240 g/mol. The average Bonchev–Trinajstić information content (AvgIpc) is 2.43. The van der Waals surface area contributed by atoms with Crippen LogP contribution in [0.25, 0.3) is 0 Å². The van der Waals surface area contributed by atoms with Crippen molar-refractivity contribution in [3.63, 3.8) is 0 Å². The molecule has 0 spiro atoms. The molecule has 1 fully saturated rings. The lowest BCUT2D eigenvalue weighted by Crippen LogP contribution is -2.73. The molecule has 1 saturated carbocycles. The summed E-state index contributed by atoms with van der Waals surface area (Å²) in [6.07, 6.45) is 4.68. The fraction of sp³-hybridized carbons (Fsp3) is 0.667. The number of pyridine rings is 1. The van der Waals surface area contributed by atoms with Crippen LogP contribution in [-0.2, 0) is 11.3 Å². The van der Waals surface area contributed by atoms with Crippen molar-refractivity contribution in [1.82, 2.24) is 10.3 Å². The molecule has 0 unspecified atom stereocenters. The number of ether oxygens (including phenoxy) is 1. The molecule has 4 nitrogen and oxygen atoms in total. The third-order valence-corrected chi connectivity index (χ3v) is 4.56. The van der Waals surface area contributed by atoms with Gasteiger partial charge in [0.1, 0.15) is 0 Å². The molecule has 0 saturated heterocycles. The highest BCUT2D eigenvalue weighted by Crippen LogP contribution is 2.51. The van der Waals surface area contributed by atoms with Crippen molar-refractivity contribution in [2.45, 2.75) is 45.4 Å². The minimum Gasteiger partial charge on any atom is -0.394 e. The van der Waals surface area contributed by atoms with Crippen LogP contribution in [0.1, 0.15) is 32.8 Å². The molecular formula is C15H24N2O2. The number of nitrogens with one attached hydrogen (secondary N) is 1. The first-order valence-electron chi connectivity index (χ1n) is 6.92. The van der Waals surface area contributed by atoms with Gasteiger partial charge in [-0.1, -0.05) is 19.9 Å². The first-order valence-corrected chi connectivity index (χ1v) is 6.92. The highest BCUT2D eigenvalue weighted by atomic mass is 16.5. The van der Waals surface area contributed by atoms with E-state index >= 15 is 0 Å². The lowest BCUT2D eigenvalue weighted by atomic mass is 9.54. The maximum Gasteiger partial charge on any atom is 0.0663 e. The van der Waals surface area contributed by atoms with Crippen LogP contribution in [-0.4, -0.2) is 34.9 Å². The highest BCUT2D eigenvalue weighted by molar-refractivity contribution is 5.17. The second kappa shape index (κ2) is 5.57. The quantitative estimate of drug-likeness (QED) is 0.821. The van der Waals surface area contributed by atoms with Crippen LogP contribution in [0.2, 0.25) is 0 Å². The summed E-state index contributed by atoms with van der Waals surface area (Å²) in [5.74, 6) is 0. The first kappa shape index (κ1) is 14.4. The molecule has 106 valence electrons. The van der Waals surface area contributed by atoms with E-state index in [0.717, 1.165) is 25.1 Å². The number of hydrogen-bond donors (Lipinski definition) is 2. The number of hydrogen-bond acceptors (Lipinski definition) is 4. The Balaban J connectivity index is 2.01. The van der Waals surface area contributed by atoms with Crippen LogP contribution in [0.5, 0.6) is 0 Å². The average molecular weight is 264 g/mol. The minimum atomic E-state index is -0.261. The van der Waals surface area contributed by atoms with E-state index in [4.69, 9.17) is 4.74 Å². The van der Waals surface area contributed by atoms with Crippen molar-refractivity contribution in [3.8, 4) is 0 Å². The van der Waals surface area contributed by atoms with E-state index in [2.05, 4.69) is 24.1 Å². The summed E-state index contributed by atoms with van der Waals surface area (Å²) in [6, 6.07) is 3.97. The smallest absolute Gasteiger partial charge is 0.0663 e. The minimum absolute atomic E-state index is 0.0695. The maximum absolute atomic E-state index is 9.80. The molecule has 0 aromatic carbocycles. The fourth-order valence-corrected chi connectivity index (χ4v) is 2.88. The van der Waals surface area contributed by atoms with Gasteiger partial charge in [0, 0.05) is 31.0 Å². The SMILES string of the molecule is CCO[C@@H]1C[C@@](CO)(NCc2cccnc2)C1(C)C. The highest BCUT2D eigenvalue weighted by Gasteiger charge is 2.60. The first-order chi connectivity index (χ1) is 9.05. The normalized spacial score (nSPS) is 28.9. The van der Waals surface area contributed by atoms with Crippen LogP contribution < -0.4 is 5.32 Å². The van der Waals surface area contributed by atoms with E-state index in [1.165, 1.54) is 0 Å². The Labute approximate surface area is 115 Å². The molecule has 1 aromatic heterocycles. The van der Waals surface area contributed by atoms with Gasteiger partial charge in [0.25, 0.3) is 0 Å². The van der Waals surface area contributed by atoms with E-state index in [0.29, 0.717) is 0 Å². The Morgan fingerprint density at radius 1 is 1.53 bits per heavy atom. The van der Waals surface area contributed by atoms with Crippen LogP contribution in [0.3, 0.4) is 0 Å². The van der Waals surface area contributed by atoms with Gasteiger partial charge in [0.15, 0.2) is 0 Å². The summed E-state index contributed by atoms with van der Waals surface area (Å²) >= 11 is 0. The Kier molecular flexibility index (Phi) is 4.23. The van der Waals surface area contributed by atoms with Gasteiger partial charge in [0.2, 0.25) is 0 Å². The summed E-state index contributed by atoms with van der Waals surface area (Å²) in [6.45, 7) is 7.89. The van der Waals surface area contributed by atoms with Crippen LogP contribution >= 0.6 is 0 Å². The Morgan fingerprint density at radius 2 is 2.32 bits per heavy atom. The van der Waals surface area contributed by atoms with E-state index in [1.807, 2.05) is 25.3 Å². The predicted octanol–water partition coefficient (Wildman–Crippen LogP) is 1.74.